The van der Waals surface area contributed by atoms with Crippen LogP contribution in [-0.2, 0) is 14.4 Å². The van der Waals surface area contributed by atoms with Crippen LogP contribution in [0.5, 0.6) is 0 Å². The van der Waals surface area contributed by atoms with Gasteiger partial charge in [0.2, 0.25) is 5.60 Å². The Bertz CT molecular complexity index is 316. The predicted octanol–water partition coefficient (Wildman–Crippen LogP) is 0.302. The summed E-state index contributed by atoms with van der Waals surface area (Å²) in [5, 5.41) is 7.09. The SMILES string of the molecule is CNC1CC2C(C)=NOC2(C(=O)OC)C1. The molecule has 3 unspecified atom stereocenters. The number of ether oxygens (including phenoxy) is 1. The van der Waals surface area contributed by atoms with Gasteiger partial charge in [-0.25, -0.2) is 4.79 Å². The Kier molecular flexibility index (Phi) is 2.42. The van der Waals surface area contributed by atoms with Gasteiger partial charge in [0.05, 0.1) is 18.7 Å². The molecule has 84 valence electrons. The highest BCUT2D eigenvalue weighted by atomic mass is 16.7. The molecular weight excluding hydrogens is 196 g/mol. The molecule has 5 nitrogen and oxygen atoms in total. The summed E-state index contributed by atoms with van der Waals surface area (Å²) in [5.41, 5.74) is 0.0186. The molecule has 0 amide bonds. The number of carbonyl (C=O) groups is 1. The van der Waals surface area contributed by atoms with Crippen LogP contribution in [0.25, 0.3) is 0 Å². The van der Waals surface area contributed by atoms with Crippen LogP contribution in [0.3, 0.4) is 0 Å². The molecule has 0 bridgehead atoms. The second kappa shape index (κ2) is 3.48. The highest BCUT2D eigenvalue weighted by molar-refractivity contribution is 5.95. The van der Waals surface area contributed by atoms with E-state index in [1.54, 1.807) is 0 Å². The van der Waals surface area contributed by atoms with Gasteiger partial charge in [-0.1, -0.05) is 5.16 Å². The lowest BCUT2D eigenvalue weighted by molar-refractivity contribution is -0.168. The fourth-order valence-corrected chi connectivity index (χ4v) is 2.55. The number of fused-ring (bicyclic) bond motifs is 1. The molecule has 0 saturated heterocycles. The maximum Gasteiger partial charge on any atom is 0.353 e. The molecule has 1 saturated carbocycles. The van der Waals surface area contributed by atoms with E-state index in [1.165, 1.54) is 7.11 Å². The van der Waals surface area contributed by atoms with Gasteiger partial charge in [-0.3, -0.25) is 0 Å². The lowest BCUT2D eigenvalue weighted by Gasteiger charge is -2.23. The van der Waals surface area contributed by atoms with Crippen LogP contribution in [0.2, 0.25) is 0 Å². The van der Waals surface area contributed by atoms with E-state index in [2.05, 4.69) is 10.5 Å². The molecule has 2 rings (SSSR count). The van der Waals surface area contributed by atoms with Gasteiger partial charge in [0.15, 0.2) is 0 Å². The third kappa shape index (κ3) is 1.33. The second-order valence-corrected chi connectivity index (χ2v) is 4.18. The third-order valence-corrected chi connectivity index (χ3v) is 3.43. The molecule has 1 aliphatic heterocycles. The minimum Gasteiger partial charge on any atom is -0.466 e. The van der Waals surface area contributed by atoms with Gasteiger partial charge in [0, 0.05) is 12.5 Å². The van der Waals surface area contributed by atoms with Crippen LogP contribution in [-0.4, -0.2) is 37.5 Å². The first-order chi connectivity index (χ1) is 7.14. The van der Waals surface area contributed by atoms with Crippen LogP contribution in [0.4, 0.5) is 0 Å². The number of esters is 1. The summed E-state index contributed by atoms with van der Waals surface area (Å²) in [6.07, 6.45) is 1.50. The number of oxime groups is 1. The number of nitrogens with zero attached hydrogens (tertiary/aromatic N) is 1. The van der Waals surface area contributed by atoms with Crippen LogP contribution >= 0.6 is 0 Å². The van der Waals surface area contributed by atoms with Crippen LogP contribution in [0.15, 0.2) is 5.16 Å². The van der Waals surface area contributed by atoms with E-state index >= 15 is 0 Å². The van der Waals surface area contributed by atoms with Crippen molar-refractivity contribution in [2.75, 3.05) is 14.2 Å². The van der Waals surface area contributed by atoms with Crippen LogP contribution in [0.1, 0.15) is 19.8 Å². The molecule has 15 heavy (non-hydrogen) atoms. The first-order valence-electron chi connectivity index (χ1n) is 5.12. The van der Waals surface area contributed by atoms with Gasteiger partial charge in [0.25, 0.3) is 0 Å². The summed E-state index contributed by atoms with van der Waals surface area (Å²) >= 11 is 0. The van der Waals surface area contributed by atoms with E-state index in [9.17, 15) is 4.79 Å². The minimum atomic E-state index is -0.869. The topological polar surface area (TPSA) is 59.9 Å². The number of carbonyl (C=O) groups excluding carboxylic acids is 1. The van der Waals surface area contributed by atoms with Crippen molar-refractivity contribution in [1.82, 2.24) is 5.32 Å². The average molecular weight is 212 g/mol. The number of nitrogens with one attached hydrogen (secondary N) is 1. The molecule has 1 fully saturated rings. The Hall–Kier alpha value is -1.10. The van der Waals surface area contributed by atoms with Gasteiger partial charge in [0.1, 0.15) is 0 Å². The lowest BCUT2D eigenvalue weighted by Crippen LogP contribution is -2.44. The zero-order valence-corrected chi connectivity index (χ0v) is 9.24. The summed E-state index contributed by atoms with van der Waals surface area (Å²) in [5.74, 6) is -0.256. The largest absolute Gasteiger partial charge is 0.466 e. The van der Waals surface area contributed by atoms with Crippen molar-refractivity contribution < 1.29 is 14.4 Å². The van der Waals surface area contributed by atoms with Crippen molar-refractivity contribution >= 4 is 11.7 Å². The van der Waals surface area contributed by atoms with E-state index in [0.717, 1.165) is 12.1 Å². The van der Waals surface area contributed by atoms with E-state index in [0.29, 0.717) is 12.5 Å². The van der Waals surface area contributed by atoms with Crippen LogP contribution in [0, 0.1) is 5.92 Å². The molecule has 0 aromatic rings. The molecule has 1 aliphatic carbocycles. The minimum absolute atomic E-state index is 0.0578. The number of hydrogen-bond donors (Lipinski definition) is 1. The monoisotopic (exact) mass is 212 g/mol. The second-order valence-electron chi connectivity index (χ2n) is 4.18. The van der Waals surface area contributed by atoms with Gasteiger partial charge in [-0.15, -0.1) is 0 Å². The third-order valence-electron chi connectivity index (χ3n) is 3.43. The Morgan fingerprint density at radius 1 is 1.73 bits per heavy atom. The Morgan fingerprint density at radius 3 is 3.07 bits per heavy atom. The van der Waals surface area contributed by atoms with Crippen molar-refractivity contribution in [2.24, 2.45) is 11.1 Å². The lowest BCUT2D eigenvalue weighted by atomic mass is 9.88. The van der Waals surface area contributed by atoms with Gasteiger partial charge in [-0.05, 0) is 20.4 Å². The number of methoxy groups -OCH3 is 1. The molecule has 0 aromatic heterocycles. The molecule has 0 aromatic carbocycles. The Labute approximate surface area is 88.8 Å². The number of rotatable bonds is 2. The molecule has 3 atom stereocenters. The molecule has 2 aliphatic rings. The summed E-state index contributed by atoms with van der Waals surface area (Å²) < 4.78 is 4.81. The van der Waals surface area contributed by atoms with Gasteiger partial charge in [-0.2, -0.15) is 0 Å². The van der Waals surface area contributed by atoms with Crippen molar-refractivity contribution in [3.63, 3.8) is 0 Å². The molecule has 5 heteroatoms. The fourth-order valence-electron chi connectivity index (χ4n) is 2.55. The molecule has 0 spiro atoms. The zero-order chi connectivity index (χ0) is 11.1. The Balaban J connectivity index is 2.27. The van der Waals surface area contributed by atoms with E-state index in [-0.39, 0.29) is 11.9 Å². The maximum atomic E-state index is 11.8. The maximum absolute atomic E-state index is 11.8. The number of hydrogen-bond acceptors (Lipinski definition) is 5. The van der Waals surface area contributed by atoms with E-state index in [4.69, 9.17) is 9.57 Å². The first-order valence-corrected chi connectivity index (χ1v) is 5.12. The first kappa shape index (κ1) is 10.4. The van der Waals surface area contributed by atoms with Crippen molar-refractivity contribution in [3.05, 3.63) is 0 Å². The summed E-state index contributed by atoms with van der Waals surface area (Å²) in [6.45, 7) is 1.90. The fraction of sp³-hybridized carbons (Fsp3) is 0.800. The molecule has 1 N–H and O–H groups in total. The van der Waals surface area contributed by atoms with Crippen molar-refractivity contribution in [1.29, 1.82) is 0 Å². The summed E-state index contributed by atoms with van der Waals surface area (Å²) in [6, 6.07) is 0.291. The van der Waals surface area contributed by atoms with Crippen molar-refractivity contribution in [3.8, 4) is 0 Å². The predicted molar refractivity (Wildman–Crippen MR) is 54.5 cm³/mol. The average Bonchev–Trinajstić information content (AvgIpc) is 2.76. The summed E-state index contributed by atoms with van der Waals surface area (Å²) in [4.78, 5) is 17.1. The zero-order valence-electron chi connectivity index (χ0n) is 9.24. The normalized spacial score (nSPS) is 38.2. The quantitative estimate of drug-likeness (QED) is 0.669. The standard InChI is InChI=1S/C10H16N2O3/c1-6-8-4-7(11-2)5-10(8,15-12-6)9(13)14-3/h7-8,11H,4-5H2,1-3H3. The van der Waals surface area contributed by atoms with E-state index in [1.807, 2.05) is 14.0 Å². The van der Waals surface area contributed by atoms with Gasteiger partial charge >= 0.3 is 5.97 Å². The molecular formula is C10H16N2O3. The van der Waals surface area contributed by atoms with Crippen LogP contribution < -0.4 is 5.32 Å². The highest BCUT2D eigenvalue weighted by Crippen LogP contribution is 2.44. The molecule has 1 heterocycles. The van der Waals surface area contributed by atoms with Crippen molar-refractivity contribution in [2.45, 2.75) is 31.4 Å². The summed E-state index contributed by atoms with van der Waals surface area (Å²) in [7, 11) is 3.28. The Morgan fingerprint density at radius 2 is 2.47 bits per heavy atom. The highest BCUT2D eigenvalue weighted by Gasteiger charge is 2.60. The smallest absolute Gasteiger partial charge is 0.353 e. The van der Waals surface area contributed by atoms with E-state index < -0.39 is 5.60 Å². The van der Waals surface area contributed by atoms with Gasteiger partial charge < -0.3 is 14.9 Å². The molecule has 0 radical (unpaired) electrons.